The van der Waals surface area contributed by atoms with Crippen LogP contribution in [0.2, 0.25) is 0 Å². The average Bonchev–Trinajstić information content (AvgIpc) is 3.90. The smallest absolute Gasteiger partial charge is 0.143 e. The van der Waals surface area contributed by atoms with E-state index < -0.39 is 0 Å². The van der Waals surface area contributed by atoms with Gasteiger partial charge >= 0.3 is 0 Å². The number of rotatable bonds is 10. The third-order valence-electron chi connectivity index (χ3n) is 11.0. The highest BCUT2D eigenvalue weighted by atomic mass is 32.1. The number of thiophene rings is 1. The van der Waals surface area contributed by atoms with E-state index in [0.29, 0.717) is 0 Å². The lowest BCUT2D eigenvalue weighted by atomic mass is 9.95. The van der Waals surface area contributed by atoms with Crippen LogP contribution < -0.4 is 4.90 Å². The van der Waals surface area contributed by atoms with E-state index in [-0.39, 0.29) is 0 Å². The molecule has 0 atom stereocenters. The minimum atomic E-state index is 0.859. The lowest BCUT2D eigenvalue weighted by Gasteiger charge is -2.23. The van der Waals surface area contributed by atoms with Crippen molar-refractivity contribution in [3.05, 3.63) is 235 Å². The van der Waals surface area contributed by atoms with E-state index in [9.17, 15) is 0 Å². The van der Waals surface area contributed by atoms with Gasteiger partial charge in [-0.3, -0.25) is 0 Å². The van der Waals surface area contributed by atoms with Gasteiger partial charge in [0.15, 0.2) is 0 Å². The van der Waals surface area contributed by atoms with Crippen molar-refractivity contribution < 1.29 is 4.42 Å². The lowest BCUT2D eigenvalue weighted by molar-refractivity contribution is 0.671. The summed E-state index contributed by atoms with van der Waals surface area (Å²) in [4.78, 5) is 2.23. The standard InChI is InChI=1S/C56H39NOS/c1-2-3-22-47(37-44-21-14-27-52-53-34-31-41-16-5-7-25-51(41)56(53)58-55(44)52)57(35-11-10-17-45-38-59-54-28-9-8-24-50(45)54)46-32-29-39(30-33-46)42-19-12-20-43(36-42)49-26-13-18-40-15-4-6-23-48(40)49/h2-38H,1H2/b17-10-,22-3-,35-11+,47-37-. The molecule has 0 unspecified atom stereocenters. The number of anilines is 1. The minimum absolute atomic E-state index is 0.859. The molecule has 0 fully saturated rings. The van der Waals surface area contributed by atoms with Gasteiger partial charge in [-0.05, 0) is 103 Å². The number of hydrogen-bond donors (Lipinski definition) is 0. The number of fused-ring (bicyclic) bond motifs is 7. The summed E-state index contributed by atoms with van der Waals surface area (Å²) < 4.78 is 8.04. The van der Waals surface area contributed by atoms with Gasteiger partial charge in [0.2, 0.25) is 0 Å². The topological polar surface area (TPSA) is 16.4 Å². The van der Waals surface area contributed by atoms with E-state index in [1.54, 1.807) is 11.3 Å². The maximum atomic E-state index is 6.76. The summed E-state index contributed by atoms with van der Waals surface area (Å²) in [6, 6.07) is 60.5. The molecule has 59 heavy (non-hydrogen) atoms. The van der Waals surface area contributed by atoms with E-state index in [2.05, 4.69) is 223 Å². The Bertz CT molecular complexity index is 3290. The molecule has 280 valence electrons. The van der Waals surface area contributed by atoms with E-state index >= 15 is 0 Å². The average molecular weight is 774 g/mol. The van der Waals surface area contributed by atoms with E-state index in [0.717, 1.165) is 55.2 Å². The predicted molar refractivity (Wildman–Crippen MR) is 256 cm³/mol. The van der Waals surface area contributed by atoms with Crippen molar-refractivity contribution in [1.82, 2.24) is 0 Å². The number of benzene rings is 8. The van der Waals surface area contributed by atoms with Crippen LogP contribution in [-0.2, 0) is 0 Å². The van der Waals surface area contributed by atoms with E-state index in [4.69, 9.17) is 4.42 Å². The van der Waals surface area contributed by atoms with Gasteiger partial charge in [-0.1, -0.05) is 170 Å². The zero-order chi connectivity index (χ0) is 39.5. The van der Waals surface area contributed by atoms with Crippen molar-refractivity contribution in [2.75, 3.05) is 4.90 Å². The highest BCUT2D eigenvalue weighted by Crippen LogP contribution is 2.38. The quantitative estimate of drug-likeness (QED) is 0.129. The van der Waals surface area contributed by atoms with Gasteiger partial charge < -0.3 is 9.32 Å². The first-order valence-electron chi connectivity index (χ1n) is 19.8. The van der Waals surface area contributed by atoms with Gasteiger partial charge in [-0.25, -0.2) is 0 Å². The predicted octanol–water partition coefficient (Wildman–Crippen LogP) is 16.3. The first-order chi connectivity index (χ1) is 29.2. The van der Waals surface area contributed by atoms with E-state index in [1.165, 1.54) is 43.1 Å². The second-order valence-electron chi connectivity index (χ2n) is 14.6. The van der Waals surface area contributed by atoms with Crippen molar-refractivity contribution in [2.24, 2.45) is 0 Å². The molecule has 2 heterocycles. The molecule has 0 radical (unpaired) electrons. The second-order valence-corrected chi connectivity index (χ2v) is 15.5. The lowest BCUT2D eigenvalue weighted by Crippen LogP contribution is -2.14. The SMILES string of the molecule is C=C/C=C\C(=C\c1cccc2c1oc1c3ccccc3ccc21)N(/C=C/C=C\c1csc2ccccc12)c1ccc(-c2cccc(-c3cccc4ccccc34)c2)cc1. The summed E-state index contributed by atoms with van der Waals surface area (Å²) in [5.41, 5.74) is 10.7. The molecule has 3 heteroatoms. The van der Waals surface area contributed by atoms with Crippen LogP contribution in [0, 0.1) is 0 Å². The van der Waals surface area contributed by atoms with Gasteiger partial charge in [0.05, 0.1) is 0 Å². The molecule has 0 aliphatic rings. The third-order valence-corrected chi connectivity index (χ3v) is 12.0. The number of allylic oxidation sites excluding steroid dienone is 5. The van der Waals surface area contributed by atoms with Crippen molar-refractivity contribution in [3.63, 3.8) is 0 Å². The van der Waals surface area contributed by atoms with Crippen molar-refractivity contribution >= 4 is 82.7 Å². The Labute approximate surface area is 347 Å². The number of para-hydroxylation sites is 1. The summed E-state index contributed by atoms with van der Waals surface area (Å²) in [5, 5.41) is 10.5. The molecular formula is C56H39NOS. The molecule has 0 bridgehead atoms. The molecule has 0 N–H and O–H groups in total. The van der Waals surface area contributed by atoms with Crippen LogP contribution in [0.1, 0.15) is 11.1 Å². The third kappa shape index (κ3) is 6.99. The second kappa shape index (κ2) is 15.8. The molecule has 0 saturated carbocycles. The van der Waals surface area contributed by atoms with E-state index in [1.807, 2.05) is 12.2 Å². The molecule has 10 aromatic rings. The van der Waals surface area contributed by atoms with Gasteiger partial charge in [0.1, 0.15) is 11.2 Å². The molecule has 0 aliphatic carbocycles. The fourth-order valence-corrected chi connectivity index (χ4v) is 9.02. The fraction of sp³-hybridized carbons (Fsp3) is 0. The van der Waals surface area contributed by atoms with Gasteiger partial charge in [-0.2, -0.15) is 0 Å². The highest BCUT2D eigenvalue weighted by molar-refractivity contribution is 7.17. The Morgan fingerprint density at radius 1 is 0.525 bits per heavy atom. The molecule has 0 saturated heterocycles. The van der Waals surface area contributed by atoms with Gasteiger partial charge in [0, 0.05) is 44.0 Å². The van der Waals surface area contributed by atoms with Crippen LogP contribution >= 0.6 is 11.3 Å². The summed E-state index contributed by atoms with van der Waals surface area (Å²) >= 11 is 1.77. The Morgan fingerprint density at radius 3 is 2.08 bits per heavy atom. The summed E-state index contributed by atoms with van der Waals surface area (Å²) in [6.07, 6.45) is 16.7. The van der Waals surface area contributed by atoms with Crippen LogP contribution in [0.4, 0.5) is 5.69 Å². The largest absolute Gasteiger partial charge is 0.455 e. The first-order valence-corrected chi connectivity index (χ1v) is 20.7. The molecule has 8 aromatic carbocycles. The zero-order valence-corrected chi connectivity index (χ0v) is 33.1. The number of nitrogens with zero attached hydrogens (tertiary/aromatic N) is 1. The summed E-state index contributed by atoms with van der Waals surface area (Å²) in [6.45, 7) is 4.02. The first kappa shape index (κ1) is 35.9. The van der Waals surface area contributed by atoms with Crippen LogP contribution in [0.5, 0.6) is 0 Å². The van der Waals surface area contributed by atoms with Crippen molar-refractivity contribution in [2.45, 2.75) is 0 Å². The Kier molecular flexibility index (Phi) is 9.63. The van der Waals surface area contributed by atoms with Crippen LogP contribution in [0.25, 0.3) is 88.0 Å². The summed E-state index contributed by atoms with van der Waals surface area (Å²) in [7, 11) is 0. The fourth-order valence-electron chi connectivity index (χ4n) is 8.09. The van der Waals surface area contributed by atoms with Crippen LogP contribution in [0.3, 0.4) is 0 Å². The monoisotopic (exact) mass is 773 g/mol. The molecule has 2 aromatic heterocycles. The number of hydrogen-bond acceptors (Lipinski definition) is 3. The molecule has 2 nitrogen and oxygen atoms in total. The van der Waals surface area contributed by atoms with Crippen LogP contribution in [-0.4, -0.2) is 0 Å². The minimum Gasteiger partial charge on any atom is -0.455 e. The molecule has 0 aliphatic heterocycles. The highest BCUT2D eigenvalue weighted by Gasteiger charge is 2.15. The normalized spacial score (nSPS) is 12.4. The van der Waals surface area contributed by atoms with Crippen LogP contribution in [0.15, 0.2) is 229 Å². The van der Waals surface area contributed by atoms with Gasteiger partial charge in [-0.15, -0.1) is 11.3 Å². The summed E-state index contributed by atoms with van der Waals surface area (Å²) in [5.74, 6) is 0. The Hall–Kier alpha value is -7.46. The maximum absolute atomic E-state index is 6.76. The Morgan fingerprint density at radius 2 is 1.22 bits per heavy atom. The number of furan rings is 1. The molecule has 10 rings (SSSR count). The Balaban J connectivity index is 1.06. The van der Waals surface area contributed by atoms with Crippen molar-refractivity contribution in [1.29, 1.82) is 0 Å². The molecule has 0 spiro atoms. The molecule has 0 amide bonds. The zero-order valence-electron chi connectivity index (χ0n) is 32.3. The molecular weight excluding hydrogens is 735 g/mol. The van der Waals surface area contributed by atoms with Crippen molar-refractivity contribution in [3.8, 4) is 22.3 Å². The maximum Gasteiger partial charge on any atom is 0.143 e. The van der Waals surface area contributed by atoms with Gasteiger partial charge in [0.25, 0.3) is 0 Å².